The summed E-state index contributed by atoms with van der Waals surface area (Å²) < 4.78 is 11.6. The predicted octanol–water partition coefficient (Wildman–Crippen LogP) is 3.30. The summed E-state index contributed by atoms with van der Waals surface area (Å²) in [5, 5.41) is 3.03. The third-order valence-corrected chi connectivity index (χ3v) is 5.20. The molecular weight excluding hydrogens is 340 g/mol. The van der Waals surface area contributed by atoms with Gasteiger partial charge in [0.2, 0.25) is 5.91 Å². The van der Waals surface area contributed by atoms with Gasteiger partial charge < -0.3 is 14.8 Å². The number of carbonyl (C=O) groups excluding carboxylic acids is 1. The van der Waals surface area contributed by atoms with Gasteiger partial charge in [0, 0.05) is 19.0 Å². The lowest BCUT2D eigenvalue weighted by Crippen LogP contribution is -2.36. The molecule has 2 aliphatic heterocycles. The molecule has 4 rings (SSSR count). The molecule has 2 heterocycles. The van der Waals surface area contributed by atoms with E-state index in [0.29, 0.717) is 26.3 Å². The monoisotopic (exact) mass is 366 g/mol. The number of rotatable bonds is 5. The van der Waals surface area contributed by atoms with E-state index >= 15 is 0 Å². The van der Waals surface area contributed by atoms with E-state index in [1.165, 1.54) is 5.56 Å². The van der Waals surface area contributed by atoms with Gasteiger partial charge in [-0.15, -0.1) is 0 Å². The lowest BCUT2D eigenvalue weighted by atomic mass is 10.0. The second-order valence-corrected chi connectivity index (χ2v) is 7.15. The minimum Gasteiger partial charge on any atom is -0.490 e. The van der Waals surface area contributed by atoms with Crippen molar-refractivity contribution in [3.8, 4) is 11.5 Å². The number of ether oxygens (including phenoxy) is 2. The Balaban J connectivity index is 1.38. The highest BCUT2D eigenvalue weighted by Crippen LogP contribution is 2.37. The average molecular weight is 366 g/mol. The summed E-state index contributed by atoms with van der Waals surface area (Å²) in [6, 6.07) is 16.5. The number of amides is 1. The number of carbonyl (C=O) groups is 1. The van der Waals surface area contributed by atoms with Gasteiger partial charge in [-0.2, -0.15) is 0 Å². The van der Waals surface area contributed by atoms with E-state index in [1.54, 1.807) is 0 Å². The van der Waals surface area contributed by atoms with Gasteiger partial charge in [0.15, 0.2) is 11.5 Å². The fourth-order valence-corrected chi connectivity index (χ4v) is 3.82. The molecule has 1 saturated heterocycles. The molecule has 2 aliphatic rings. The molecule has 1 N–H and O–H groups in total. The van der Waals surface area contributed by atoms with Gasteiger partial charge in [-0.1, -0.05) is 36.4 Å². The Hall–Kier alpha value is -2.53. The molecule has 5 heteroatoms. The van der Waals surface area contributed by atoms with Crippen molar-refractivity contribution in [2.24, 2.45) is 0 Å². The maximum Gasteiger partial charge on any atom is 0.234 e. The predicted molar refractivity (Wildman–Crippen MR) is 104 cm³/mol. The molecule has 0 spiro atoms. The van der Waals surface area contributed by atoms with E-state index in [9.17, 15) is 4.79 Å². The standard InChI is InChI=1S/C22H26N2O3/c25-22(23-15-17-6-2-1-3-7-17)16-24-11-4-8-19(24)18-9-10-20-21(14-18)27-13-5-12-26-20/h1-3,6-7,9-10,14,19H,4-5,8,11-13,15-16H2,(H,23,25)/t19-/m0/s1. The largest absolute Gasteiger partial charge is 0.490 e. The summed E-state index contributed by atoms with van der Waals surface area (Å²) in [5.74, 6) is 1.71. The zero-order valence-electron chi connectivity index (χ0n) is 15.5. The Bertz CT molecular complexity index is 778. The second kappa shape index (κ2) is 8.44. The smallest absolute Gasteiger partial charge is 0.234 e. The number of fused-ring (bicyclic) bond motifs is 1. The van der Waals surface area contributed by atoms with Crippen molar-refractivity contribution in [1.82, 2.24) is 10.2 Å². The Morgan fingerprint density at radius 1 is 1.04 bits per heavy atom. The van der Waals surface area contributed by atoms with Gasteiger partial charge in [-0.25, -0.2) is 0 Å². The van der Waals surface area contributed by atoms with Crippen molar-refractivity contribution in [3.05, 3.63) is 59.7 Å². The van der Waals surface area contributed by atoms with Gasteiger partial charge in [0.05, 0.1) is 19.8 Å². The molecule has 0 aliphatic carbocycles. The summed E-state index contributed by atoms with van der Waals surface area (Å²) in [5.41, 5.74) is 2.32. The van der Waals surface area contributed by atoms with Crippen LogP contribution < -0.4 is 14.8 Å². The number of nitrogens with one attached hydrogen (secondary N) is 1. The van der Waals surface area contributed by atoms with Crippen LogP contribution in [0.25, 0.3) is 0 Å². The van der Waals surface area contributed by atoms with Gasteiger partial charge >= 0.3 is 0 Å². The molecule has 0 saturated carbocycles. The molecule has 1 atom stereocenters. The van der Waals surface area contributed by atoms with E-state index < -0.39 is 0 Å². The van der Waals surface area contributed by atoms with E-state index in [-0.39, 0.29) is 11.9 Å². The zero-order valence-corrected chi connectivity index (χ0v) is 15.5. The molecule has 27 heavy (non-hydrogen) atoms. The number of hydrogen-bond donors (Lipinski definition) is 1. The van der Waals surface area contributed by atoms with Crippen LogP contribution in [0.4, 0.5) is 0 Å². The zero-order chi connectivity index (χ0) is 18.5. The van der Waals surface area contributed by atoms with Gasteiger partial charge in [-0.3, -0.25) is 9.69 Å². The summed E-state index contributed by atoms with van der Waals surface area (Å²) in [4.78, 5) is 14.7. The van der Waals surface area contributed by atoms with Crippen molar-refractivity contribution in [2.45, 2.75) is 31.8 Å². The van der Waals surface area contributed by atoms with E-state index in [0.717, 1.165) is 42.9 Å². The minimum atomic E-state index is 0.0695. The average Bonchev–Trinajstić information content (AvgIpc) is 3.02. The maximum atomic E-state index is 12.4. The van der Waals surface area contributed by atoms with Crippen LogP contribution in [-0.2, 0) is 11.3 Å². The van der Waals surface area contributed by atoms with Crippen molar-refractivity contribution in [2.75, 3.05) is 26.3 Å². The molecule has 5 nitrogen and oxygen atoms in total. The number of benzene rings is 2. The van der Waals surface area contributed by atoms with Crippen molar-refractivity contribution in [3.63, 3.8) is 0 Å². The number of likely N-dealkylation sites (tertiary alicyclic amines) is 1. The van der Waals surface area contributed by atoms with E-state index in [2.05, 4.69) is 22.3 Å². The molecule has 2 aromatic rings. The van der Waals surface area contributed by atoms with Crippen LogP contribution >= 0.6 is 0 Å². The van der Waals surface area contributed by atoms with Crippen LogP contribution in [0.2, 0.25) is 0 Å². The molecule has 0 radical (unpaired) electrons. The Kier molecular flexibility index (Phi) is 5.58. The third kappa shape index (κ3) is 4.42. The summed E-state index contributed by atoms with van der Waals surface area (Å²) in [6.45, 7) is 3.32. The normalized spacial score (nSPS) is 19.5. The first-order valence-corrected chi connectivity index (χ1v) is 9.74. The fourth-order valence-electron chi connectivity index (χ4n) is 3.82. The first-order valence-electron chi connectivity index (χ1n) is 9.74. The Morgan fingerprint density at radius 2 is 1.85 bits per heavy atom. The van der Waals surface area contributed by atoms with Crippen molar-refractivity contribution < 1.29 is 14.3 Å². The van der Waals surface area contributed by atoms with Crippen molar-refractivity contribution in [1.29, 1.82) is 0 Å². The number of hydrogen-bond acceptors (Lipinski definition) is 4. The number of nitrogens with zero attached hydrogens (tertiary/aromatic N) is 1. The maximum absolute atomic E-state index is 12.4. The second-order valence-electron chi connectivity index (χ2n) is 7.15. The highest BCUT2D eigenvalue weighted by atomic mass is 16.5. The molecule has 142 valence electrons. The molecule has 1 amide bonds. The molecule has 2 aromatic carbocycles. The summed E-state index contributed by atoms with van der Waals surface area (Å²) in [7, 11) is 0. The van der Waals surface area contributed by atoms with Crippen LogP contribution in [0.1, 0.15) is 36.4 Å². The molecule has 0 bridgehead atoms. The molecule has 0 unspecified atom stereocenters. The lowest BCUT2D eigenvalue weighted by molar-refractivity contribution is -0.122. The van der Waals surface area contributed by atoms with Crippen molar-refractivity contribution >= 4 is 5.91 Å². The Labute approximate surface area is 160 Å². The third-order valence-electron chi connectivity index (χ3n) is 5.20. The van der Waals surface area contributed by atoms with Crippen LogP contribution in [0.15, 0.2) is 48.5 Å². The van der Waals surface area contributed by atoms with E-state index in [1.807, 2.05) is 36.4 Å². The first-order chi connectivity index (χ1) is 13.3. The molecule has 0 aromatic heterocycles. The van der Waals surface area contributed by atoms with Crippen LogP contribution in [0.5, 0.6) is 11.5 Å². The lowest BCUT2D eigenvalue weighted by Gasteiger charge is -2.25. The van der Waals surface area contributed by atoms with Crippen LogP contribution in [-0.4, -0.2) is 37.1 Å². The van der Waals surface area contributed by atoms with Crippen LogP contribution in [0.3, 0.4) is 0 Å². The summed E-state index contributed by atoms with van der Waals surface area (Å²) in [6.07, 6.45) is 3.07. The highest BCUT2D eigenvalue weighted by Gasteiger charge is 2.28. The SMILES string of the molecule is O=C(CN1CCC[C@H]1c1ccc2c(c1)OCCCO2)NCc1ccccc1. The van der Waals surface area contributed by atoms with Gasteiger partial charge in [-0.05, 0) is 42.6 Å². The van der Waals surface area contributed by atoms with Gasteiger partial charge in [0.1, 0.15) is 0 Å². The topological polar surface area (TPSA) is 50.8 Å². The summed E-state index contributed by atoms with van der Waals surface area (Å²) >= 11 is 0. The van der Waals surface area contributed by atoms with Crippen LogP contribution in [0, 0.1) is 0 Å². The quantitative estimate of drug-likeness (QED) is 0.882. The fraction of sp³-hybridized carbons (Fsp3) is 0.409. The molecule has 1 fully saturated rings. The Morgan fingerprint density at radius 3 is 2.70 bits per heavy atom. The van der Waals surface area contributed by atoms with Gasteiger partial charge in [0.25, 0.3) is 0 Å². The van der Waals surface area contributed by atoms with E-state index in [4.69, 9.17) is 9.47 Å². The minimum absolute atomic E-state index is 0.0695. The first kappa shape index (κ1) is 17.9. The highest BCUT2D eigenvalue weighted by molar-refractivity contribution is 5.78. The molecular formula is C22H26N2O3.